The highest BCUT2D eigenvalue weighted by Gasteiger charge is 2.07. The molecular weight excluding hydrogens is 224 g/mol. The molecule has 4 heteroatoms. The summed E-state index contributed by atoms with van der Waals surface area (Å²) < 4.78 is 1.61. The number of fused-ring (bicyclic) bond motifs is 1. The molecule has 1 aromatic heterocycles. The van der Waals surface area contributed by atoms with E-state index in [4.69, 9.17) is 11.6 Å². The van der Waals surface area contributed by atoms with E-state index in [1.54, 1.807) is 29.8 Å². The maximum Gasteiger partial charge on any atom is 0.261 e. The first-order valence-corrected chi connectivity index (χ1v) is 5.66. The van der Waals surface area contributed by atoms with Crippen molar-refractivity contribution < 1.29 is 0 Å². The highest BCUT2D eigenvalue weighted by Crippen LogP contribution is 2.15. The van der Waals surface area contributed by atoms with E-state index in [2.05, 4.69) is 11.9 Å². The van der Waals surface area contributed by atoms with E-state index < -0.39 is 0 Å². The van der Waals surface area contributed by atoms with E-state index >= 15 is 0 Å². The zero-order valence-corrected chi connectivity index (χ0v) is 10.1. The molecule has 0 atom stereocenters. The molecule has 0 aliphatic carbocycles. The fourth-order valence-corrected chi connectivity index (χ4v) is 1.90. The van der Waals surface area contributed by atoms with Crippen molar-refractivity contribution in [3.63, 3.8) is 0 Å². The first-order chi connectivity index (χ1) is 7.63. The normalized spacial score (nSPS) is 10.9. The quantitative estimate of drug-likeness (QED) is 0.803. The van der Waals surface area contributed by atoms with Crippen LogP contribution in [0.25, 0.3) is 10.9 Å². The molecule has 2 rings (SSSR count). The van der Waals surface area contributed by atoms with Gasteiger partial charge in [0.05, 0.1) is 10.9 Å². The summed E-state index contributed by atoms with van der Waals surface area (Å²) in [4.78, 5) is 16.5. The minimum Gasteiger partial charge on any atom is -0.299 e. The van der Waals surface area contributed by atoms with E-state index in [1.807, 2.05) is 0 Å². The first-order valence-electron chi connectivity index (χ1n) is 5.28. The van der Waals surface area contributed by atoms with Crippen molar-refractivity contribution >= 4 is 22.5 Å². The molecular formula is C12H13ClN2O. The predicted molar refractivity (Wildman–Crippen MR) is 66.0 cm³/mol. The molecule has 0 bridgehead atoms. The van der Waals surface area contributed by atoms with Gasteiger partial charge in [-0.05, 0) is 24.6 Å². The van der Waals surface area contributed by atoms with E-state index in [0.717, 1.165) is 18.7 Å². The van der Waals surface area contributed by atoms with Crippen molar-refractivity contribution in [2.45, 2.75) is 19.8 Å². The van der Waals surface area contributed by atoms with Gasteiger partial charge in [0.2, 0.25) is 0 Å². The Morgan fingerprint density at radius 3 is 2.88 bits per heavy atom. The summed E-state index contributed by atoms with van der Waals surface area (Å²) in [5, 5.41) is 1.22. The molecule has 0 saturated heterocycles. The van der Waals surface area contributed by atoms with Gasteiger partial charge in [-0.2, -0.15) is 0 Å². The molecule has 0 radical (unpaired) electrons. The number of aromatic nitrogens is 2. The Morgan fingerprint density at radius 1 is 1.44 bits per heavy atom. The number of hydrogen-bond donors (Lipinski definition) is 0. The maximum absolute atomic E-state index is 12.0. The molecule has 16 heavy (non-hydrogen) atoms. The third kappa shape index (κ3) is 1.83. The summed E-state index contributed by atoms with van der Waals surface area (Å²) in [6.07, 6.45) is 1.76. The number of aryl methyl sites for hydroxylation is 1. The van der Waals surface area contributed by atoms with Crippen molar-refractivity contribution in [3.8, 4) is 0 Å². The molecule has 2 aromatic rings. The van der Waals surface area contributed by atoms with Gasteiger partial charge in [0.1, 0.15) is 5.82 Å². The average molecular weight is 237 g/mol. The van der Waals surface area contributed by atoms with Gasteiger partial charge >= 0.3 is 0 Å². The molecule has 0 spiro atoms. The fraction of sp³-hybridized carbons (Fsp3) is 0.333. The Hall–Kier alpha value is -1.35. The van der Waals surface area contributed by atoms with E-state index in [1.165, 1.54) is 0 Å². The number of benzene rings is 1. The Kier molecular flexibility index (Phi) is 2.97. The van der Waals surface area contributed by atoms with Gasteiger partial charge in [0.15, 0.2) is 0 Å². The van der Waals surface area contributed by atoms with Crippen LogP contribution in [0.4, 0.5) is 0 Å². The lowest BCUT2D eigenvalue weighted by molar-refractivity contribution is 0.717. The lowest BCUT2D eigenvalue weighted by Crippen LogP contribution is -2.22. The average Bonchev–Trinajstić information content (AvgIpc) is 2.25. The predicted octanol–water partition coefficient (Wildman–Crippen LogP) is 2.54. The SMILES string of the molecule is CCCc1nc2cc(Cl)ccc2c(=O)n1C. The van der Waals surface area contributed by atoms with Crippen molar-refractivity contribution in [3.05, 3.63) is 39.4 Å². The summed E-state index contributed by atoms with van der Waals surface area (Å²) in [6, 6.07) is 5.17. The molecule has 3 nitrogen and oxygen atoms in total. The van der Waals surface area contributed by atoms with Gasteiger partial charge in [-0.1, -0.05) is 18.5 Å². The summed E-state index contributed by atoms with van der Waals surface area (Å²) in [5.41, 5.74) is 0.671. The fourth-order valence-electron chi connectivity index (χ4n) is 1.74. The second-order valence-corrected chi connectivity index (χ2v) is 4.24. The third-order valence-corrected chi connectivity index (χ3v) is 2.84. The summed E-state index contributed by atoms with van der Waals surface area (Å²) in [5.74, 6) is 0.808. The number of rotatable bonds is 2. The summed E-state index contributed by atoms with van der Waals surface area (Å²) in [7, 11) is 1.76. The zero-order chi connectivity index (χ0) is 11.7. The maximum atomic E-state index is 12.0. The van der Waals surface area contributed by atoms with Crippen LogP contribution in [0.1, 0.15) is 19.2 Å². The second-order valence-electron chi connectivity index (χ2n) is 3.80. The van der Waals surface area contributed by atoms with Gasteiger partial charge < -0.3 is 0 Å². The van der Waals surface area contributed by atoms with Crippen LogP contribution in [0, 0.1) is 0 Å². The molecule has 0 amide bonds. The molecule has 1 aromatic carbocycles. The summed E-state index contributed by atoms with van der Waals surface area (Å²) in [6.45, 7) is 2.06. The molecule has 0 N–H and O–H groups in total. The lowest BCUT2D eigenvalue weighted by atomic mass is 10.2. The Bertz CT molecular complexity index is 589. The zero-order valence-electron chi connectivity index (χ0n) is 9.33. The van der Waals surface area contributed by atoms with Crippen LogP contribution in [0.3, 0.4) is 0 Å². The molecule has 0 saturated carbocycles. The number of nitrogens with zero attached hydrogens (tertiary/aromatic N) is 2. The highest BCUT2D eigenvalue weighted by molar-refractivity contribution is 6.31. The lowest BCUT2D eigenvalue weighted by Gasteiger charge is -2.08. The molecule has 0 aliphatic rings. The van der Waals surface area contributed by atoms with E-state index in [9.17, 15) is 4.79 Å². The molecule has 1 heterocycles. The van der Waals surface area contributed by atoms with Crippen molar-refractivity contribution in [1.29, 1.82) is 0 Å². The smallest absolute Gasteiger partial charge is 0.261 e. The monoisotopic (exact) mass is 236 g/mol. The van der Waals surface area contributed by atoms with Crippen LogP contribution >= 0.6 is 11.6 Å². The van der Waals surface area contributed by atoms with Crippen LogP contribution in [-0.4, -0.2) is 9.55 Å². The summed E-state index contributed by atoms with van der Waals surface area (Å²) >= 11 is 5.89. The largest absolute Gasteiger partial charge is 0.299 e. The Morgan fingerprint density at radius 2 is 2.19 bits per heavy atom. The number of halogens is 1. The van der Waals surface area contributed by atoms with Gasteiger partial charge in [-0.3, -0.25) is 9.36 Å². The highest BCUT2D eigenvalue weighted by atomic mass is 35.5. The van der Waals surface area contributed by atoms with E-state index in [0.29, 0.717) is 15.9 Å². The standard InChI is InChI=1S/C12H13ClN2O/c1-3-4-11-14-10-7-8(13)5-6-9(10)12(16)15(11)2/h5-7H,3-4H2,1-2H3. The van der Waals surface area contributed by atoms with Gasteiger partial charge in [-0.25, -0.2) is 4.98 Å². The minimum atomic E-state index is -0.00915. The third-order valence-electron chi connectivity index (χ3n) is 2.61. The van der Waals surface area contributed by atoms with Crippen LogP contribution < -0.4 is 5.56 Å². The van der Waals surface area contributed by atoms with Crippen molar-refractivity contribution in [1.82, 2.24) is 9.55 Å². The van der Waals surface area contributed by atoms with Gasteiger partial charge in [0.25, 0.3) is 5.56 Å². The molecule has 0 fully saturated rings. The number of hydrogen-bond acceptors (Lipinski definition) is 2. The Labute approximate surface area is 98.7 Å². The topological polar surface area (TPSA) is 34.9 Å². The van der Waals surface area contributed by atoms with Crippen LogP contribution in [0.5, 0.6) is 0 Å². The van der Waals surface area contributed by atoms with Gasteiger partial charge in [0, 0.05) is 18.5 Å². The van der Waals surface area contributed by atoms with Crippen molar-refractivity contribution in [2.75, 3.05) is 0 Å². The molecule has 0 unspecified atom stereocenters. The Balaban J connectivity index is 2.78. The minimum absolute atomic E-state index is 0.00915. The van der Waals surface area contributed by atoms with Crippen LogP contribution in [0.2, 0.25) is 5.02 Å². The van der Waals surface area contributed by atoms with Crippen LogP contribution in [0.15, 0.2) is 23.0 Å². The molecule has 84 valence electrons. The van der Waals surface area contributed by atoms with Crippen LogP contribution in [-0.2, 0) is 13.5 Å². The van der Waals surface area contributed by atoms with Crippen molar-refractivity contribution in [2.24, 2.45) is 7.05 Å². The first kappa shape index (κ1) is 11.1. The van der Waals surface area contributed by atoms with Gasteiger partial charge in [-0.15, -0.1) is 0 Å². The molecule has 0 aliphatic heterocycles. The van der Waals surface area contributed by atoms with E-state index in [-0.39, 0.29) is 5.56 Å². The second kappa shape index (κ2) is 4.26.